The first kappa shape index (κ1) is 21.6. The maximum atomic E-state index is 12.3. The molecule has 0 aliphatic carbocycles. The predicted molar refractivity (Wildman–Crippen MR) is 110 cm³/mol. The molecule has 2 heterocycles. The molecule has 1 aliphatic heterocycles. The Balaban J connectivity index is 1.55. The van der Waals surface area contributed by atoms with Gasteiger partial charge >= 0.3 is 0 Å². The topological polar surface area (TPSA) is 65.8 Å². The van der Waals surface area contributed by atoms with Crippen molar-refractivity contribution in [3.63, 3.8) is 0 Å². The Morgan fingerprint density at radius 3 is 2.97 bits per heavy atom. The quantitative estimate of drug-likeness (QED) is 0.655. The molecule has 1 atom stereocenters. The molecule has 7 nitrogen and oxygen atoms in total. The molecular formula is C21H28ClN3O4. The Labute approximate surface area is 176 Å². The fraction of sp³-hybridized carbons (Fsp3) is 0.524. The van der Waals surface area contributed by atoms with Crippen LogP contribution in [0, 0.1) is 0 Å². The van der Waals surface area contributed by atoms with Crippen molar-refractivity contribution >= 4 is 17.5 Å². The molecule has 1 aliphatic rings. The third kappa shape index (κ3) is 6.19. The van der Waals surface area contributed by atoms with E-state index in [2.05, 4.69) is 5.10 Å². The molecule has 1 amide bonds. The number of ether oxygens (including phenoxy) is 3. The molecule has 0 bridgehead atoms. The summed E-state index contributed by atoms with van der Waals surface area (Å²) in [6.07, 6.45) is 0.497. The number of hydrogen-bond acceptors (Lipinski definition) is 5. The molecule has 3 rings (SSSR count). The summed E-state index contributed by atoms with van der Waals surface area (Å²) >= 11 is 5.98. The third-order valence-electron chi connectivity index (χ3n) is 4.71. The second-order valence-electron chi connectivity index (χ2n) is 7.30. The van der Waals surface area contributed by atoms with Gasteiger partial charge in [0.15, 0.2) is 0 Å². The number of hydrogen-bond donors (Lipinski definition) is 0. The Hall–Kier alpha value is -2.09. The van der Waals surface area contributed by atoms with E-state index < -0.39 is 0 Å². The molecule has 1 fully saturated rings. The average Bonchev–Trinajstić information content (AvgIpc) is 3.07. The van der Waals surface area contributed by atoms with Crippen LogP contribution in [0.1, 0.15) is 31.3 Å². The van der Waals surface area contributed by atoms with Gasteiger partial charge in [-0.25, -0.2) is 0 Å². The summed E-state index contributed by atoms with van der Waals surface area (Å²) in [6, 6.07) is 9.37. The number of nitrogens with zero attached hydrogens (tertiary/aromatic N) is 3. The lowest BCUT2D eigenvalue weighted by Crippen LogP contribution is -2.44. The maximum absolute atomic E-state index is 12.3. The highest BCUT2D eigenvalue weighted by Gasteiger charge is 2.27. The molecule has 1 saturated heterocycles. The van der Waals surface area contributed by atoms with E-state index in [1.165, 1.54) is 0 Å². The first-order valence-corrected chi connectivity index (χ1v) is 10.2. The van der Waals surface area contributed by atoms with Crippen molar-refractivity contribution in [1.29, 1.82) is 0 Å². The van der Waals surface area contributed by atoms with Crippen LogP contribution in [0.2, 0.25) is 5.02 Å². The standard InChI is InChI=1S/C21H28ClN3O4/c1-15(2)29-14-21(26)25-8-10-28-20(13-25)19-12-17(24(3)23-19)7-9-27-18-6-4-5-16(22)11-18/h4-6,11-12,15,20H,7-10,13-14H2,1-3H3. The number of benzene rings is 1. The van der Waals surface area contributed by atoms with E-state index in [0.717, 1.165) is 17.1 Å². The van der Waals surface area contributed by atoms with E-state index in [-0.39, 0.29) is 24.7 Å². The fourth-order valence-corrected chi connectivity index (χ4v) is 3.32. The van der Waals surface area contributed by atoms with Gasteiger partial charge < -0.3 is 19.1 Å². The van der Waals surface area contributed by atoms with Gasteiger partial charge in [0.1, 0.15) is 18.5 Å². The van der Waals surface area contributed by atoms with Gasteiger partial charge in [-0.15, -0.1) is 0 Å². The Bertz CT molecular complexity index is 824. The van der Waals surface area contributed by atoms with Crippen LogP contribution in [0.25, 0.3) is 0 Å². The SMILES string of the molecule is CC(C)OCC(=O)N1CCOC(c2cc(CCOc3cccc(Cl)c3)n(C)n2)C1. The number of halogens is 1. The van der Waals surface area contributed by atoms with Crippen LogP contribution in [0.15, 0.2) is 30.3 Å². The van der Waals surface area contributed by atoms with Crippen LogP contribution in [0.3, 0.4) is 0 Å². The number of amides is 1. The number of aryl methyl sites for hydroxylation is 1. The maximum Gasteiger partial charge on any atom is 0.248 e. The lowest BCUT2D eigenvalue weighted by Gasteiger charge is -2.32. The van der Waals surface area contributed by atoms with Crippen molar-refractivity contribution < 1.29 is 19.0 Å². The van der Waals surface area contributed by atoms with Crippen LogP contribution in [-0.2, 0) is 27.7 Å². The second kappa shape index (κ2) is 10.1. The van der Waals surface area contributed by atoms with Crippen molar-refractivity contribution in [2.75, 3.05) is 32.9 Å². The van der Waals surface area contributed by atoms with Crippen LogP contribution >= 0.6 is 11.6 Å². The summed E-state index contributed by atoms with van der Waals surface area (Å²) in [4.78, 5) is 14.1. The number of morpholine rings is 1. The van der Waals surface area contributed by atoms with Gasteiger partial charge in [0, 0.05) is 30.7 Å². The average molecular weight is 422 g/mol. The van der Waals surface area contributed by atoms with Gasteiger partial charge in [0.25, 0.3) is 0 Å². The van der Waals surface area contributed by atoms with Crippen molar-refractivity contribution in [2.45, 2.75) is 32.5 Å². The first-order valence-electron chi connectivity index (χ1n) is 9.84. The highest BCUT2D eigenvalue weighted by molar-refractivity contribution is 6.30. The summed E-state index contributed by atoms with van der Waals surface area (Å²) < 4.78 is 18.9. The van der Waals surface area contributed by atoms with E-state index in [1.54, 1.807) is 11.0 Å². The smallest absolute Gasteiger partial charge is 0.248 e. The molecule has 0 N–H and O–H groups in total. The zero-order chi connectivity index (χ0) is 20.8. The van der Waals surface area contributed by atoms with E-state index in [0.29, 0.717) is 37.7 Å². The minimum absolute atomic E-state index is 0.0157. The predicted octanol–water partition coefficient (Wildman–Crippen LogP) is 3.02. The van der Waals surface area contributed by atoms with Gasteiger partial charge in [0.2, 0.25) is 5.91 Å². The van der Waals surface area contributed by atoms with Crippen molar-refractivity contribution in [1.82, 2.24) is 14.7 Å². The van der Waals surface area contributed by atoms with Crippen molar-refractivity contribution in [3.8, 4) is 5.75 Å². The van der Waals surface area contributed by atoms with Gasteiger partial charge in [-0.1, -0.05) is 17.7 Å². The van der Waals surface area contributed by atoms with E-state index in [1.807, 2.05) is 49.8 Å². The van der Waals surface area contributed by atoms with Gasteiger partial charge in [-0.3, -0.25) is 9.48 Å². The molecule has 0 radical (unpaired) electrons. The number of aromatic nitrogens is 2. The number of carbonyl (C=O) groups is 1. The molecule has 158 valence electrons. The molecule has 1 aromatic carbocycles. The molecule has 0 saturated carbocycles. The highest BCUT2D eigenvalue weighted by atomic mass is 35.5. The van der Waals surface area contributed by atoms with Crippen LogP contribution in [0.5, 0.6) is 5.75 Å². The summed E-state index contributed by atoms with van der Waals surface area (Å²) in [7, 11) is 1.90. The van der Waals surface area contributed by atoms with Crippen molar-refractivity contribution in [3.05, 3.63) is 46.7 Å². The van der Waals surface area contributed by atoms with Crippen LogP contribution in [-0.4, -0.2) is 59.6 Å². The molecular weight excluding hydrogens is 394 g/mol. The number of carbonyl (C=O) groups excluding carboxylic acids is 1. The lowest BCUT2D eigenvalue weighted by atomic mass is 10.2. The summed E-state index contributed by atoms with van der Waals surface area (Å²) in [5, 5.41) is 5.24. The molecule has 8 heteroatoms. The minimum Gasteiger partial charge on any atom is -0.493 e. The second-order valence-corrected chi connectivity index (χ2v) is 7.74. The molecule has 29 heavy (non-hydrogen) atoms. The Morgan fingerprint density at radius 2 is 2.21 bits per heavy atom. The zero-order valence-corrected chi connectivity index (χ0v) is 17.9. The van der Waals surface area contributed by atoms with E-state index >= 15 is 0 Å². The molecule has 1 aromatic heterocycles. The summed E-state index contributed by atoms with van der Waals surface area (Å²) in [6.45, 7) is 5.99. The molecule has 2 aromatic rings. The molecule has 1 unspecified atom stereocenters. The highest BCUT2D eigenvalue weighted by Crippen LogP contribution is 2.23. The Kier molecular flexibility index (Phi) is 7.52. The molecule has 0 spiro atoms. The third-order valence-corrected chi connectivity index (χ3v) is 4.94. The first-order chi connectivity index (χ1) is 13.9. The fourth-order valence-electron chi connectivity index (χ4n) is 3.14. The van der Waals surface area contributed by atoms with Crippen LogP contribution < -0.4 is 4.74 Å². The van der Waals surface area contributed by atoms with Gasteiger partial charge in [-0.2, -0.15) is 5.10 Å². The van der Waals surface area contributed by atoms with Crippen LogP contribution in [0.4, 0.5) is 0 Å². The lowest BCUT2D eigenvalue weighted by molar-refractivity contribution is -0.145. The van der Waals surface area contributed by atoms with Gasteiger partial charge in [-0.05, 0) is 38.1 Å². The minimum atomic E-state index is -0.236. The summed E-state index contributed by atoms with van der Waals surface area (Å²) in [5.41, 5.74) is 1.87. The normalized spacial score (nSPS) is 17.0. The van der Waals surface area contributed by atoms with Crippen molar-refractivity contribution in [2.24, 2.45) is 7.05 Å². The van der Waals surface area contributed by atoms with E-state index in [9.17, 15) is 4.79 Å². The monoisotopic (exact) mass is 421 g/mol. The van der Waals surface area contributed by atoms with E-state index in [4.69, 9.17) is 25.8 Å². The number of rotatable bonds is 8. The zero-order valence-electron chi connectivity index (χ0n) is 17.1. The summed E-state index contributed by atoms with van der Waals surface area (Å²) in [5.74, 6) is 0.728. The Morgan fingerprint density at radius 1 is 1.38 bits per heavy atom. The van der Waals surface area contributed by atoms with Gasteiger partial charge in [0.05, 0.1) is 31.6 Å². The largest absolute Gasteiger partial charge is 0.493 e.